The minimum Gasteiger partial charge on any atom is -0.458 e. The summed E-state index contributed by atoms with van der Waals surface area (Å²) in [7, 11) is 1.22. The summed E-state index contributed by atoms with van der Waals surface area (Å²) in [6, 6.07) is 0. The predicted octanol–water partition coefficient (Wildman–Crippen LogP) is 0.562. The van der Waals surface area contributed by atoms with Crippen molar-refractivity contribution in [1.82, 2.24) is 0 Å². The number of methoxy groups -OCH3 is 1. The van der Waals surface area contributed by atoms with Crippen molar-refractivity contribution >= 4 is 18.0 Å². The molecule has 0 amide bonds. The molecule has 0 radical (unpaired) electrons. The number of Topliss-reactive ketones (excluding diaryl/α,β-unsaturated/α-hetero) is 1. The van der Waals surface area contributed by atoms with E-state index < -0.39 is 23.5 Å². The number of esters is 1. The number of rotatable bonds is 4. The first-order valence-corrected chi connectivity index (χ1v) is 4.12. The van der Waals surface area contributed by atoms with Crippen molar-refractivity contribution in [3.05, 3.63) is 0 Å². The van der Waals surface area contributed by atoms with Crippen LogP contribution < -0.4 is 0 Å². The molecular formula is C9H15NO4. The van der Waals surface area contributed by atoms with E-state index in [1.54, 1.807) is 20.8 Å². The Morgan fingerprint density at radius 1 is 1.36 bits per heavy atom. The van der Waals surface area contributed by atoms with E-state index in [-0.39, 0.29) is 0 Å². The van der Waals surface area contributed by atoms with Gasteiger partial charge in [0.05, 0.1) is 6.21 Å². The summed E-state index contributed by atoms with van der Waals surface area (Å²) < 4.78 is 9.56. The van der Waals surface area contributed by atoms with Gasteiger partial charge < -0.3 is 14.9 Å². The van der Waals surface area contributed by atoms with Gasteiger partial charge in [-0.15, -0.1) is 0 Å². The number of ether oxygens (including phenoxy) is 2. The third-order valence-corrected chi connectivity index (χ3v) is 1.26. The Bertz CT molecular complexity index is 242. The van der Waals surface area contributed by atoms with E-state index in [9.17, 15) is 9.59 Å². The third kappa shape index (κ3) is 4.13. The summed E-state index contributed by atoms with van der Waals surface area (Å²) in [5.74, 6) is -1.49. The molecule has 5 nitrogen and oxygen atoms in total. The molecule has 5 heteroatoms. The Morgan fingerprint density at radius 2 is 1.86 bits per heavy atom. The molecule has 0 aliphatic rings. The topological polar surface area (TPSA) is 76.5 Å². The second-order valence-corrected chi connectivity index (χ2v) is 3.70. The fourth-order valence-corrected chi connectivity index (χ4v) is 0.760. The molecular weight excluding hydrogens is 186 g/mol. The van der Waals surface area contributed by atoms with Crippen LogP contribution >= 0.6 is 0 Å². The van der Waals surface area contributed by atoms with Gasteiger partial charge in [-0.1, -0.05) is 0 Å². The molecule has 0 saturated heterocycles. The average molecular weight is 201 g/mol. The quantitative estimate of drug-likeness (QED) is 0.409. The Labute approximate surface area is 82.9 Å². The second kappa shape index (κ2) is 4.85. The lowest BCUT2D eigenvalue weighted by atomic mass is 10.2. The van der Waals surface area contributed by atoms with Crippen molar-refractivity contribution in [2.75, 3.05) is 7.11 Å². The van der Waals surface area contributed by atoms with Crippen LogP contribution in [-0.4, -0.2) is 36.8 Å². The summed E-state index contributed by atoms with van der Waals surface area (Å²) in [6.45, 7) is 5.06. The van der Waals surface area contributed by atoms with E-state index in [1.165, 1.54) is 7.11 Å². The van der Waals surface area contributed by atoms with Crippen LogP contribution in [0.5, 0.6) is 0 Å². The minimum absolute atomic E-state index is 0.540. The first-order chi connectivity index (χ1) is 6.31. The van der Waals surface area contributed by atoms with E-state index in [2.05, 4.69) is 4.74 Å². The standard InChI is InChI=1S/C9H15NO4/c1-9(2,3)14-8(12)7(13-4)6(11)5-10/h5,7,10H,1-4H3. The van der Waals surface area contributed by atoms with E-state index in [4.69, 9.17) is 10.1 Å². The van der Waals surface area contributed by atoms with Crippen LogP contribution in [0.15, 0.2) is 0 Å². The number of ketones is 1. The molecule has 0 aliphatic heterocycles. The highest BCUT2D eigenvalue weighted by Crippen LogP contribution is 2.09. The zero-order valence-corrected chi connectivity index (χ0v) is 8.79. The van der Waals surface area contributed by atoms with Gasteiger partial charge in [-0.25, -0.2) is 4.79 Å². The molecule has 1 unspecified atom stereocenters. The molecule has 80 valence electrons. The summed E-state index contributed by atoms with van der Waals surface area (Å²) in [5.41, 5.74) is -0.670. The summed E-state index contributed by atoms with van der Waals surface area (Å²) in [6.07, 6.45) is -0.787. The van der Waals surface area contributed by atoms with Crippen molar-refractivity contribution in [2.45, 2.75) is 32.5 Å². The van der Waals surface area contributed by atoms with Crippen molar-refractivity contribution in [1.29, 1.82) is 5.41 Å². The van der Waals surface area contributed by atoms with Gasteiger partial charge in [-0.2, -0.15) is 0 Å². The normalized spacial score (nSPS) is 13.1. The largest absolute Gasteiger partial charge is 0.458 e. The number of carbonyl (C=O) groups excluding carboxylic acids is 2. The Balaban J connectivity index is 4.48. The maximum absolute atomic E-state index is 11.3. The fraction of sp³-hybridized carbons (Fsp3) is 0.667. The van der Waals surface area contributed by atoms with Crippen molar-refractivity contribution in [3.63, 3.8) is 0 Å². The van der Waals surface area contributed by atoms with Crippen LogP contribution in [-0.2, 0) is 19.1 Å². The van der Waals surface area contributed by atoms with E-state index in [0.717, 1.165) is 0 Å². The fourth-order valence-electron chi connectivity index (χ4n) is 0.760. The maximum Gasteiger partial charge on any atom is 0.344 e. The van der Waals surface area contributed by atoms with Crippen LogP contribution in [0, 0.1) is 5.41 Å². The molecule has 0 heterocycles. The Hall–Kier alpha value is -1.23. The highest BCUT2D eigenvalue weighted by molar-refractivity contribution is 6.33. The van der Waals surface area contributed by atoms with Gasteiger partial charge >= 0.3 is 5.97 Å². The molecule has 1 N–H and O–H groups in total. The number of hydrogen-bond acceptors (Lipinski definition) is 5. The molecule has 14 heavy (non-hydrogen) atoms. The van der Waals surface area contributed by atoms with Gasteiger partial charge in [0, 0.05) is 7.11 Å². The average Bonchev–Trinajstić information content (AvgIpc) is 2.01. The lowest BCUT2D eigenvalue weighted by molar-refractivity contribution is -0.167. The van der Waals surface area contributed by atoms with Gasteiger partial charge in [-0.3, -0.25) is 4.79 Å². The van der Waals surface area contributed by atoms with Crippen LogP contribution in [0.3, 0.4) is 0 Å². The third-order valence-electron chi connectivity index (χ3n) is 1.26. The summed E-state index contributed by atoms with van der Waals surface area (Å²) >= 11 is 0. The zero-order chi connectivity index (χ0) is 11.4. The van der Waals surface area contributed by atoms with Gasteiger partial charge in [0.2, 0.25) is 11.9 Å². The molecule has 0 aromatic carbocycles. The van der Waals surface area contributed by atoms with E-state index >= 15 is 0 Å². The van der Waals surface area contributed by atoms with Crippen molar-refractivity contribution in [2.24, 2.45) is 0 Å². The molecule has 0 bridgehead atoms. The predicted molar refractivity (Wildman–Crippen MR) is 50.4 cm³/mol. The first-order valence-electron chi connectivity index (χ1n) is 4.12. The first kappa shape index (κ1) is 12.8. The van der Waals surface area contributed by atoms with Gasteiger partial charge in [-0.05, 0) is 20.8 Å². The lowest BCUT2D eigenvalue weighted by Crippen LogP contribution is -2.38. The molecule has 0 aliphatic carbocycles. The number of carbonyl (C=O) groups is 2. The smallest absolute Gasteiger partial charge is 0.344 e. The molecule has 0 aromatic heterocycles. The maximum atomic E-state index is 11.3. The van der Waals surface area contributed by atoms with Crippen LogP contribution in [0.4, 0.5) is 0 Å². The summed E-state index contributed by atoms with van der Waals surface area (Å²) in [4.78, 5) is 22.3. The zero-order valence-electron chi connectivity index (χ0n) is 8.79. The van der Waals surface area contributed by atoms with E-state index in [1.807, 2.05) is 0 Å². The minimum atomic E-state index is -1.33. The highest BCUT2D eigenvalue weighted by atomic mass is 16.6. The van der Waals surface area contributed by atoms with Crippen LogP contribution in [0.2, 0.25) is 0 Å². The molecule has 0 rings (SSSR count). The molecule has 0 spiro atoms. The van der Waals surface area contributed by atoms with Crippen molar-refractivity contribution < 1.29 is 19.1 Å². The van der Waals surface area contributed by atoms with E-state index in [0.29, 0.717) is 6.21 Å². The van der Waals surface area contributed by atoms with Gasteiger partial charge in [0.1, 0.15) is 5.60 Å². The lowest BCUT2D eigenvalue weighted by Gasteiger charge is -2.21. The molecule has 1 atom stereocenters. The van der Waals surface area contributed by atoms with Crippen molar-refractivity contribution in [3.8, 4) is 0 Å². The van der Waals surface area contributed by atoms with Gasteiger partial charge in [0.15, 0.2) is 0 Å². The van der Waals surface area contributed by atoms with Crippen LogP contribution in [0.25, 0.3) is 0 Å². The highest BCUT2D eigenvalue weighted by Gasteiger charge is 2.29. The second-order valence-electron chi connectivity index (χ2n) is 3.70. The summed E-state index contributed by atoms with van der Waals surface area (Å²) in [5, 5.41) is 6.70. The Kier molecular flexibility index (Phi) is 4.43. The monoisotopic (exact) mass is 201 g/mol. The number of nitrogens with one attached hydrogen (secondary N) is 1. The molecule has 0 fully saturated rings. The number of hydrogen-bond donors (Lipinski definition) is 1. The molecule has 0 aromatic rings. The van der Waals surface area contributed by atoms with Gasteiger partial charge in [0.25, 0.3) is 0 Å². The Morgan fingerprint density at radius 3 is 2.14 bits per heavy atom. The van der Waals surface area contributed by atoms with Crippen LogP contribution in [0.1, 0.15) is 20.8 Å². The molecule has 0 saturated carbocycles. The SMILES string of the molecule is COC(C(=O)C=N)C(=O)OC(C)(C)C.